The minimum absolute atomic E-state index is 0.127. The van der Waals surface area contributed by atoms with Gasteiger partial charge in [0, 0.05) is 20.3 Å². The summed E-state index contributed by atoms with van der Waals surface area (Å²) < 4.78 is 15.7. The number of nitrogens with one attached hydrogen (secondary N) is 1. The van der Waals surface area contributed by atoms with Gasteiger partial charge in [-0.25, -0.2) is 0 Å². The molecule has 0 aromatic rings. The normalized spacial score (nSPS) is 12.9. The van der Waals surface area contributed by atoms with Gasteiger partial charge in [0.05, 0.1) is 12.7 Å². The SMILES string of the molecule is CCCCCNCC(COCOC)OCC. The maximum atomic E-state index is 5.55. The van der Waals surface area contributed by atoms with Crippen molar-refractivity contribution in [2.75, 3.05) is 40.2 Å². The molecule has 0 amide bonds. The second-order valence-corrected chi connectivity index (χ2v) is 3.77. The fourth-order valence-electron chi connectivity index (χ4n) is 1.43. The van der Waals surface area contributed by atoms with E-state index < -0.39 is 0 Å². The van der Waals surface area contributed by atoms with E-state index in [1.165, 1.54) is 19.3 Å². The van der Waals surface area contributed by atoms with E-state index in [0.717, 1.165) is 19.7 Å². The van der Waals surface area contributed by atoms with Gasteiger partial charge >= 0.3 is 0 Å². The Hall–Kier alpha value is -0.160. The highest BCUT2D eigenvalue weighted by atomic mass is 16.7. The fraction of sp³-hybridized carbons (Fsp3) is 1.00. The zero-order valence-corrected chi connectivity index (χ0v) is 11.0. The van der Waals surface area contributed by atoms with Gasteiger partial charge in [-0.1, -0.05) is 19.8 Å². The summed E-state index contributed by atoms with van der Waals surface area (Å²) in [5.74, 6) is 0. The van der Waals surface area contributed by atoms with E-state index in [1.54, 1.807) is 7.11 Å². The van der Waals surface area contributed by atoms with Gasteiger partial charge in [0.25, 0.3) is 0 Å². The Morgan fingerprint density at radius 3 is 2.62 bits per heavy atom. The van der Waals surface area contributed by atoms with E-state index in [2.05, 4.69) is 12.2 Å². The predicted molar refractivity (Wildman–Crippen MR) is 65.6 cm³/mol. The summed E-state index contributed by atoms with van der Waals surface area (Å²) in [5.41, 5.74) is 0. The first kappa shape index (κ1) is 15.8. The zero-order valence-electron chi connectivity index (χ0n) is 11.0. The molecule has 98 valence electrons. The molecule has 0 saturated carbocycles. The van der Waals surface area contributed by atoms with Crippen molar-refractivity contribution in [2.24, 2.45) is 0 Å². The molecule has 0 aliphatic heterocycles. The first-order valence-corrected chi connectivity index (χ1v) is 6.24. The van der Waals surface area contributed by atoms with Gasteiger partial charge in [-0.05, 0) is 19.9 Å². The van der Waals surface area contributed by atoms with Gasteiger partial charge < -0.3 is 19.5 Å². The molecule has 0 spiro atoms. The van der Waals surface area contributed by atoms with Crippen LogP contribution in [-0.2, 0) is 14.2 Å². The lowest BCUT2D eigenvalue weighted by molar-refractivity contribution is -0.0764. The van der Waals surface area contributed by atoms with E-state index in [9.17, 15) is 0 Å². The second-order valence-electron chi connectivity index (χ2n) is 3.77. The third-order valence-corrected chi connectivity index (χ3v) is 2.24. The molecular formula is C12H27NO3. The van der Waals surface area contributed by atoms with Crippen molar-refractivity contribution in [1.29, 1.82) is 0 Å². The summed E-state index contributed by atoms with van der Waals surface area (Å²) in [6.07, 6.45) is 3.90. The zero-order chi connectivity index (χ0) is 12.1. The molecule has 0 aliphatic rings. The molecule has 1 N–H and O–H groups in total. The van der Waals surface area contributed by atoms with E-state index in [4.69, 9.17) is 14.2 Å². The molecule has 0 bridgehead atoms. The van der Waals surface area contributed by atoms with E-state index in [0.29, 0.717) is 13.4 Å². The average molecular weight is 233 g/mol. The first-order chi connectivity index (χ1) is 7.85. The lowest BCUT2D eigenvalue weighted by Gasteiger charge is -2.17. The van der Waals surface area contributed by atoms with Crippen LogP contribution in [0.1, 0.15) is 33.1 Å². The second kappa shape index (κ2) is 12.9. The highest BCUT2D eigenvalue weighted by molar-refractivity contribution is 4.60. The van der Waals surface area contributed by atoms with Crippen molar-refractivity contribution < 1.29 is 14.2 Å². The van der Waals surface area contributed by atoms with Crippen LogP contribution in [0.15, 0.2) is 0 Å². The van der Waals surface area contributed by atoms with Crippen molar-refractivity contribution >= 4 is 0 Å². The van der Waals surface area contributed by atoms with Gasteiger partial charge in [-0.15, -0.1) is 0 Å². The Balaban J connectivity index is 3.43. The smallest absolute Gasteiger partial charge is 0.146 e. The summed E-state index contributed by atoms with van der Waals surface area (Å²) in [6.45, 7) is 7.75. The Bertz CT molecular complexity index is 133. The van der Waals surface area contributed by atoms with Crippen LogP contribution >= 0.6 is 0 Å². The molecule has 0 radical (unpaired) electrons. The number of ether oxygens (including phenoxy) is 3. The Kier molecular flexibility index (Phi) is 12.8. The van der Waals surface area contributed by atoms with Crippen LogP contribution in [0.2, 0.25) is 0 Å². The van der Waals surface area contributed by atoms with Crippen LogP contribution in [0.25, 0.3) is 0 Å². The van der Waals surface area contributed by atoms with Gasteiger partial charge in [0.15, 0.2) is 0 Å². The van der Waals surface area contributed by atoms with Crippen molar-refractivity contribution in [1.82, 2.24) is 5.32 Å². The number of methoxy groups -OCH3 is 1. The summed E-state index contributed by atoms with van der Waals surface area (Å²) in [5, 5.41) is 3.39. The number of hydrogen-bond acceptors (Lipinski definition) is 4. The predicted octanol–water partition coefficient (Wildman–Crippen LogP) is 1.79. The third-order valence-electron chi connectivity index (χ3n) is 2.24. The van der Waals surface area contributed by atoms with E-state index in [1.807, 2.05) is 6.92 Å². The molecule has 0 saturated heterocycles. The highest BCUT2D eigenvalue weighted by Gasteiger charge is 2.07. The van der Waals surface area contributed by atoms with Crippen LogP contribution < -0.4 is 5.32 Å². The summed E-state index contributed by atoms with van der Waals surface area (Å²) in [6, 6.07) is 0. The van der Waals surface area contributed by atoms with Crippen LogP contribution in [0.3, 0.4) is 0 Å². The van der Waals surface area contributed by atoms with Crippen LogP contribution in [0.4, 0.5) is 0 Å². The first-order valence-electron chi connectivity index (χ1n) is 6.24. The molecule has 0 aromatic heterocycles. The Morgan fingerprint density at radius 1 is 1.19 bits per heavy atom. The molecule has 0 fully saturated rings. The highest BCUT2D eigenvalue weighted by Crippen LogP contribution is 1.95. The molecule has 0 aliphatic carbocycles. The largest absolute Gasteiger partial charge is 0.375 e. The summed E-state index contributed by atoms with van der Waals surface area (Å²) >= 11 is 0. The van der Waals surface area contributed by atoms with Crippen molar-refractivity contribution in [3.8, 4) is 0 Å². The van der Waals surface area contributed by atoms with Crippen LogP contribution in [-0.4, -0.2) is 46.3 Å². The standard InChI is InChI=1S/C12H27NO3/c1-4-6-7-8-13-9-12(16-5-2)10-15-11-14-3/h12-13H,4-11H2,1-3H3. The summed E-state index contributed by atoms with van der Waals surface area (Å²) in [7, 11) is 1.62. The number of rotatable bonds is 12. The molecular weight excluding hydrogens is 206 g/mol. The minimum Gasteiger partial charge on any atom is -0.375 e. The van der Waals surface area contributed by atoms with Crippen molar-refractivity contribution in [3.05, 3.63) is 0 Å². The molecule has 0 heterocycles. The lowest BCUT2D eigenvalue weighted by Crippen LogP contribution is -2.33. The van der Waals surface area contributed by atoms with Crippen LogP contribution in [0, 0.1) is 0 Å². The molecule has 0 aromatic carbocycles. The Morgan fingerprint density at radius 2 is 2.00 bits per heavy atom. The third kappa shape index (κ3) is 10.4. The Labute approximate surface area is 99.6 Å². The molecule has 4 heteroatoms. The monoisotopic (exact) mass is 233 g/mol. The molecule has 1 unspecified atom stereocenters. The maximum absolute atomic E-state index is 5.55. The van der Waals surface area contributed by atoms with Gasteiger partial charge in [0.1, 0.15) is 6.79 Å². The molecule has 4 nitrogen and oxygen atoms in total. The van der Waals surface area contributed by atoms with Crippen molar-refractivity contribution in [3.63, 3.8) is 0 Å². The lowest BCUT2D eigenvalue weighted by atomic mass is 10.2. The van der Waals surface area contributed by atoms with E-state index in [-0.39, 0.29) is 6.10 Å². The van der Waals surface area contributed by atoms with Crippen molar-refractivity contribution in [2.45, 2.75) is 39.2 Å². The average Bonchev–Trinajstić information content (AvgIpc) is 2.29. The number of hydrogen-bond donors (Lipinski definition) is 1. The number of unbranched alkanes of at least 4 members (excludes halogenated alkanes) is 2. The maximum Gasteiger partial charge on any atom is 0.146 e. The van der Waals surface area contributed by atoms with Gasteiger partial charge in [-0.3, -0.25) is 0 Å². The topological polar surface area (TPSA) is 39.7 Å². The van der Waals surface area contributed by atoms with Crippen LogP contribution in [0.5, 0.6) is 0 Å². The van der Waals surface area contributed by atoms with E-state index >= 15 is 0 Å². The van der Waals surface area contributed by atoms with Gasteiger partial charge in [0.2, 0.25) is 0 Å². The van der Waals surface area contributed by atoms with Gasteiger partial charge in [-0.2, -0.15) is 0 Å². The molecule has 0 rings (SSSR count). The molecule has 16 heavy (non-hydrogen) atoms. The fourth-order valence-corrected chi connectivity index (χ4v) is 1.43. The quantitative estimate of drug-likeness (QED) is 0.412. The molecule has 1 atom stereocenters. The summed E-state index contributed by atoms with van der Waals surface area (Å²) in [4.78, 5) is 0. The minimum atomic E-state index is 0.127.